The highest BCUT2D eigenvalue weighted by Crippen LogP contribution is 2.29. The molecule has 1 N–H and O–H groups in total. The first-order chi connectivity index (χ1) is 23.0. The Balaban J connectivity index is 1.22. The second-order valence-electron chi connectivity index (χ2n) is 11.6. The van der Waals surface area contributed by atoms with E-state index in [-0.39, 0.29) is 5.91 Å². The molecule has 1 saturated heterocycles. The first-order valence-electron chi connectivity index (χ1n) is 16.6. The lowest BCUT2D eigenvalue weighted by atomic mass is 10.0. The molecule has 1 fully saturated rings. The van der Waals surface area contributed by atoms with Crippen LogP contribution in [0.4, 0.5) is 11.5 Å². The summed E-state index contributed by atoms with van der Waals surface area (Å²) in [5.74, 6) is 1.82. The van der Waals surface area contributed by atoms with Crippen molar-refractivity contribution in [3.63, 3.8) is 0 Å². The van der Waals surface area contributed by atoms with Crippen molar-refractivity contribution in [1.29, 1.82) is 0 Å². The van der Waals surface area contributed by atoms with E-state index in [1.807, 2.05) is 41.1 Å². The van der Waals surface area contributed by atoms with Crippen LogP contribution >= 0.6 is 0 Å². The van der Waals surface area contributed by atoms with Gasteiger partial charge in [-0.2, -0.15) is 0 Å². The molecule has 248 valence electrons. The maximum absolute atomic E-state index is 13.0. The number of benzene rings is 2. The number of aryl methyl sites for hydroxylation is 1. The van der Waals surface area contributed by atoms with Crippen LogP contribution in [0, 0.1) is 0 Å². The summed E-state index contributed by atoms with van der Waals surface area (Å²) >= 11 is 0. The van der Waals surface area contributed by atoms with Gasteiger partial charge in [0.05, 0.1) is 35.2 Å². The van der Waals surface area contributed by atoms with Crippen molar-refractivity contribution in [2.75, 3.05) is 43.1 Å². The predicted molar refractivity (Wildman–Crippen MR) is 189 cm³/mol. The van der Waals surface area contributed by atoms with Gasteiger partial charge in [0.2, 0.25) is 5.91 Å². The zero-order valence-corrected chi connectivity index (χ0v) is 28.2. The molecule has 1 aliphatic rings. The number of imidazole rings is 1. The number of nitrogens with zero attached hydrogens (tertiary/aromatic N) is 4. The average molecular weight is 656 g/mol. The Morgan fingerprint density at radius 3 is 2.49 bits per heavy atom. The lowest BCUT2D eigenvalue weighted by Gasteiger charge is -2.19. The molecule has 10 heteroatoms. The van der Waals surface area contributed by atoms with Gasteiger partial charge in [-0.15, -0.1) is 0 Å². The molecule has 0 saturated carbocycles. The fraction of sp³-hybridized carbons (Fsp3) is 0.378. The summed E-state index contributed by atoms with van der Waals surface area (Å²) in [6.45, 7) is 8.85. The van der Waals surface area contributed by atoms with Crippen LogP contribution in [0.15, 0.2) is 84.3 Å². The number of carbonyl (C=O) groups excluding carboxylic acids is 1. The number of aromatic nitrogens is 3. The summed E-state index contributed by atoms with van der Waals surface area (Å²) in [7, 11) is -1.21. The van der Waals surface area contributed by atoms with E-state index in [0.29, 0.717) is 29.5 Å². The molecule has 1 atom stereocenters. The largest absolute Gasteiger partial charge is 0.491 e. The lowest BCUT2D eigenvalue weighted by molar-refractivity contribution is -0.111. The smallest absolute Gasteiger partial charge is 0.248 e. The van der Waals surface area contributed by atoms with E-state index in [1.54, 1.807) is 42.9 Å². The van der Waals surface area contributed by atoms with Gasteiger partial charge in [-0.25, -0.2) is 9.97 Å². The quantitative estimate of drug-likeness (QED) is 0.0956. The summed E-state index contributed by atoms with van der Waals surface area (Å²) < 4.78 is 26.4. The van der Waals surface area contributed by atoms with Crippen LogP contribution in [-0.4, -0.2) is 57.6 Å². The molecule has 3 heterocycles. The summed E-state index contributed by atoms with van der Waals surface area (Å²) in [5, 5.41) is 2.93. The maximum atomic E-state index is 13.0. The SMILES string of the molecule is CCCCOCCOc1ccc(-c2cnc(N3CCCC3)c(C=CC(=O)Nc3ccc([S@@](=O)Cc4cncn4CCC)cc3)c2)cc1. The number of hydrogen-bond acceptors (Lipinski definition) is 7. The summed E-state index contributed by atoms with van der Waals surface area (Å²) in [4.78, 5) is 25.0. The van der Waals surface area contributed by atoms with Crippen molar-refractivity contribution >= 4 is 34.3 Å². The van der Waals surface area contributed by atoms with Gasteiger partial charge in [0.15, 0.2) is 0 Å². The minimum Gasteiger partial charge on any atom is -0.491 e. The van der Waals surface area contributed by atoms with Crippen LogP contribution in [0.1, 0.15) is 57.2 Å². The minimum atomic E-state index is -1.21. The first-order valence-corrected chi connectivity index (χ1v) is 17.9. The molecule has 2 aromatic heterocycles. The number of ether oxygens (including phenoxy) is 2. The molecule has 1 amide bonds. The lowest BCUT2D eigenvalue weighted by Crippen LogP contribution is -2.20. The van der Waals surface area contributed by atoms with Crippen molar-refractivity contribution in [1.82, 2.24) is 14.5 Å². The number of unbranched alkanes of at least 4 members (excludes halogenated alkanes) is 1. The molecule has 0 spiro atoms. The van der Waals surface area contributed by atoms with Gasteiger partial charge in [0.25, 0.3) is 0 Å². The van der Waals surface area contributed by atoms with Crippen molar-refractivity contribution in [3.05, 3.63) is 90.7 Å². The molecule has 0 aliphatic carbocycles. The Morgan fingerprint density at radius 2 is 1.74 bits per heavy atom. The Labute approximate surface area is 280 Å². The Morgan fingerprint density at radius 1 is 0.957 bits per heavy atom. The zero-order chi connectivity index (χ0) is 32.8. The van der Waals surface area contributed by atoms with Crippen molar-refractivity contribution in [2.45, 2.75) is 63.1 Å². The van der Waals surface area contributed by atoms with Crippen LogP contribution in [0.3, 0.4) is 0 Å². The highest BCUT2D eigenvalue weighted by molar-refractivity contribution is 7.84. The standard InChI is InChI=1S/C37H45N5O4S/c1-3-5-21-45-22-23-46-34-13-8-29(9-14-34)31-24-30(37(39-25-31)41-19-6-7-20-41)10-17-36(43)40-32-11-15-35(16-12-32)47(44)27-33-26-38-28-42(33)18-4-2/h8-17,24-26,28H,3-7,18-23,27H2,1-2H3,(H,40,43)/t47-/m0/s1. The fourth-order valence-corrected chi connectivity index (χ4v) is 6.54. The number of carbonyl (C=O) groups is 1. The molecular formula is C37H45N5O4S. The third-order valence-electron chi connectivity index (χ3n) is 7.97. The van der Waals surface area contributed by atoms with E-state index in [0.717, 1.165) is 92.3 Å². The van der Waals surface area contributed by atoms with Gasteiger partial charge in [-0.3, -0.25) is 9.00 Å². The van der Waals surface area contributed by atoms with Gasteiger partial charge >= 0.3 is 0 Å². The zero-order valence-electron chi connectivity index (χ0n) is 27.4. The number of nitrogens with one attached hydrogen (secondary N) is 1. The summed E-state index contributed by atoms with van der Waals surface area (Å²) in [6.07, 6.45) is 14.2. The Bertz CT molecular complexity index is 1630. The number of amides is 1. The molecule has 0 unspecified atom stereocenters. The van der Waals surface area contributed by atoms with Gasteiger partial charge in [-0.1, -0.05) is 32.4 Å². The van der Waals surface area contributed by atoms with Crippen LogP contribution in [0.2, 0.25) is 0 Å². The molecular weight excluding hydrogens is 611 g/mol. The van der Waals surface area contributed by atoms with Gasteiger partial charge < -0.3 is 24.3 Å². The third kappa shape index (κ3) is 9.86. The number of hydrogen-bond donors (Lipinski definition) is 1. The van der Waals surface area contributed by atoms with Crippen molar-refractivity contribution < 1.29 is 18.5 Å². The Hall–Kier alpha value is -4.28. The van der Waals surface area contributed by atoms with Gasteiger partial charge in [0, 0.05) is 66.4 Å². The van der Waals surface area contributed by atoms with Crippen LogP contribution in [-0.2, 0) is 32.6 Å². The van der Waals surface area contributed by atoms with Crippen LogP contribution in [0.25, 0.3) is 17.2 Å². The normalized spacial score (nSPS) is 13.7. The monoisotopic (exact) mass is 655 g/mol. The van der Waals surface area contributed by atoms with E-state index < -0.39 is 10.8 Å². The molecule has 5 rings (SSSR count). The topological polar surface area (TPSA) is 98.6 Å². The molecule has 0 radical (unpaired) electrons. The van der Waals surface area contributed by atoms with E-state index in [9.17, 15) is 9.00 Å². The second-order valence-corrected chi connectivity index (χ2v) is 13.0. The van der Waals surface area contributed by atoms with E-state index in [4.69, 9.17) is 14.5 Å². The minimum absolute atomic E-state index is 0.250. The Kier molecular flexibility index (Phi) is 12.7. The number of anilines is 2. The third-order valence-corrected chi connectivity index (χ3v) is 9.32. The fourth-order valence-electron chi connectivity index (χ4n) is 5.43. The van der Waals surface area contributed by atoms with E-state index in [1.165, 1.54) is 0 Å². The molecule has 1 aliphatic heterocycles. The first kappa shape index (κ1) is 34.1. The summed E-state index contributed by atoms with van der Waals surface area (Å²) in [6, 6.07) is 17.2. The number of pyridine rings is 1. The molecule has 4 aromatic rings. The van der Waals surface area contributed by atoms with E-state index >= 15 is 0 Å². The van der Waals surface area contributed by atoms with Gasteiger partial charge in [0.1, 0.15) is 18.2 Å². The summed E-state index contributed by atoms with van der Waals surface area (Å²) in [5.41, 5.74) is 4.45. The van der Waals surface area contributed by atoms with E-state index in [2.05, 4.69) is 35.1 Å². The number of rotatable bonds is 17. The predicted octanol–water partition coefficient (Wildman–Crippen LogP) is 7.11. The van der Waals surface area contributed by atoms with Crippen molar-refractivity contribution in [2.24, 2.45) is 0 Å². The van der Waals surface area contributed by atoms with Crippen molar-refractivity contribution in [3.8, 4) is 16.9 Å². The molecule has 47 heavy (non-hydrogen) atoms. The van der Waals surface area contributed by atoms with Crippen LogP contribution in [0.5, 0.6) is 5.75 Å². The second kappa shape index (κ2) is 17.6. The molecule has 2 aromatic carbocycles. The highest BCUT2D eigenvalue weighted by atomic mass is 32.2. The highest BCUT2D eigenvalue weighted by Gasteiger charge is 2.17. The maximum Gasteiger partial charge on any atom is 0.248 e. The van der Waals surface area contributed by atoms with Crippen LogP contribution < -0.4 is 15.0 Å². The average Bonchev–Trinajstić information content (AvgIpc) is 3.79. The molecule has 0 bridgehead atoms. The molecule has 9 nitrogen and oxygen atoms in total. The van der Waals surface area contributed by atoms with Gasteiger partial charge in [-0.05, 0) is 79.8 Å².